The van der Waals surface area contributed by atoms with Crippen molar-refractivity contribution in [2.45, 2.75) is 25.5 Å². The van der Waals surface area contributed by atoms with E-state index in [1.807, 2.05) is 24.4 Å². The third-order valence-electron chi connectivity index (χ3n) is 3.75. The molecule has 1 aliphatic heterocycles. The van der Waals surface area contributed by atoms with Crippen LogP contribution < -0.4 is 10.6 Å². The van der Waals surface area contributed by atoms with Gasteiger partial charge in [-0.25, -0.2) is 9.67 Å². The molecule has 0 radical (unpaired) electrons. The predicted molar refractivity (Wildman–Crippen MR) is 104 cm³/mol. The molecule has 2 N–H and O–H groups in total. The summed E-state index contributed by atoms with van der Waals surface area (Å²) in [5.41, 5.74) is 1.12. The molecule has 0 amide bonds. The van der Waals surface area contributed by atoms with Gasteiger partial charge in [-0.3, -0.25) is 4.99 Å². The van der Waals surface area contributed by atoms with Crippen LogP contribution in [0, 0.1) is 0 Å². The highest BCUT2D eigenvalue weighted by molar-refractivity contribution is 14.0. The van der Waals surface area contributed by atoms with Gasteiger partial charge in [0.15, 0.2) is 11.8 Å². The zero-order valence-electron chi connectivity index (χ0n) is 13.7. The van der Waals surface area contributed by atoms with Gasteiger partial charge in [0, 0.05) is 45.3 Å². The number of pyridine rings is 1. The van der Waals surface area contributed by atoms with E-state index in [1.165, 1.54) is 0 Å². The van der Waals surface area contributed by atoms with E-state index in [0.717, 1.165) is 43.3 Å². The molecule has 1 aliphatic rings. The number of aromatic nitrogens is 3. The molecular formula is C16H23IN6O. The first-order valence-electron chi connectivity index (χ1n) is 7.86. The number of hydrogen-bond donors (Lipinski definition) is 2. The van der Waals surface area contributed by atoms with Crippen LogP contribution in [0.15, 0.2) is 41.8 Å². The number of nitrogens with zero attached hydrogens (tertiary/aromatic N) is 4. The molecule has 0 aliphatic carbocycles. The van der Waals surface area contributed by atoms with E-state index >= 15 is 0 Å². The zero-order valence-corrected chi connectivity index (χ0v) is 16.0. The molecule has 24 heavy (non-hydrogen) atoms. The Morgan fingerprint density at radius 3 is 3.04 bits per heavy atom. The summed E-state index contributed by atoms with van der Waals surface area (Å²) in [5.74, 6) is 1.58. The maximum absolute atomic E-state index is 5.60. The van der Waals surface area contributed by atoms with E-state index < -0.39 is 0 Å². The fourth-order valence-corrected chi connectivity index (χ4v) is 2.52. The first kappa shape index (κ1) is 18.7. The number of rotatable bonds is 5. The quantitative estimate of drug-likeness (QED) is 0.419. The topological polar surface area (TPSA) is 76.4 Å². The van der Waals surface area contributed by atoms with Crippen molar-refractivity contribution in [3.05, 3.63) is 42.4 Å². The average Bonchev–Trinajstić information content (AvgIpc) is 3.29. The minimum Gasteiger partial charge on any atom is -0.376 e. The van der Waals surface area contributed by atoms with Gasteiger partial charge in [-0.05, 0) is 36.6 Å². The summed E-state index contributed by atoms with van der Waals surface area (Å²) in [5, 5.41) is 10.8. The number of halogens is 1. The lowest BCUT2D eigenvalue weighted by Gasteiger charge is -2.15. The number of nitrogens with one attached hydrogen (secondary N) is 2. The third-order valence-corrected chi connectivity index (χ3v) is 3.75. The molecule has 0 saturated carbocycles. The van der Waals surface area contributed by atoms with Crippen molar-refractivity contribution >= 4 is 29.9 Å². The molecule has 8 heteroatoms. The summed E-state index contributed by atoms with van der Waals surface area (Å²) >= 11 is 0. The average molecular weight is 442 g/mol. The first-order chi connectivity index (χ1) is 11.3. The predicted octanol–water partition coefficient (Wildman–Crippen LogP) is 1.73. The van der Waals surface area contributed by atoms with Crippen molar-refractivity contribution in [2.75, 3.05) is 20.2 Å². The highest BCUT2D eigenvalue weighted by Gasteiger charge is 2.15. The van der Waals surface area contributed by atoms with Crippen molar-refractivity contribution < 1.29 is 4.74 Å². The zero-order chi connectivity index (χ0) is 15.9. The standard InChI is InChI=1S/C16H22N6O.HI/c1-17-16(20-12-14-4-2-9-23-14)19-11-13-5-7-18-15(10-13)22-8-3-6-21-22;/h3,5-8,10,14H,2,4,9,11-12H2,1H3,(H2,17,19,20);1H. The van der Waals surface area contributed by atoms with E-state index in [9.17, 15) is 0 Å². The Labute approximate surface area is 158 Å². The van der Waals surface area contributed by atoms with Gasteiger partial charge in [0.1, 0.15) is 0 Å². The monoisotopic (exact) mass is 442 g/mol. The second-order valence-corrected chi connectivity index (χ2v) is 5.41. The summed E-state index contributed by atoms with van der Waals surface area (Å²) in [7, 11) is 1.77. The molecule has 130 valence electrons. The van der Waals surface area contributed by atoms with Crippen molar-refractivity contribution in [1.82, 2.24) is 25.4 Å². The van der Waals surface area contributed by atoms with Gasteiger partial charge >= 0.3 is 0 Å². The second-order valence-electron chi connectivity index (χ2n) is 5.41. The minimum absolute atomic E-state index is 0. The van der Waals surface area contributed by atoms with Gasteiger partial charge in [-0.15, -0.1) is 24.0 Å². The smallest absolute Gasteiger partial charge is 0.191 e. The molecule has 1 atom stereocenters. The molecule has 0 spiro atoms. The van der Waals surface area contributed by atoms with E-state index in [4.69, 9.17) is 4.74 Å². The summed E-state index contributed by atoms with van der Waals surface area (Å²) < 4.78 is 7.35. The fourth-order valence-electron chi connectivity index (χ4n) is 2.52. The highest BCUT2D eigenvalue weighted by atomic mass is 127. The van der Waals surface area contributed by atoms with Gasteiger partial charge < -0.3 is 15.4 Å². The highest BCUT2D eigenvalue weighted by Crippen LogP contribution is 2.10. The lowest BCUT2D eigenvalue weighted by Crippen LogP contribution is -2.40. The molecule has 2 aromatic heterocycles. The van der Waals surface area contributed by atoms with Crippen LogP contribution in [0.3, 0.4) is 0 Å². The summed E-state index contributed by atoms with van der Waals surface area (Å²) in [6.07, 6.45) is 7.95. The first-order valence-corrected chi connectivity index (χ1v) is 7.86. The van der Waals surface area contributed by atoms with Gasteiger partial charge in [0.25, 0.3) is 0 Å². The van der Waals surface area contributed by atoms with Gasteiger partial charge in [0.05, 0.1) is 6.10 Å². The molecular weight excluding hydrogens is 419 g/mol. The van der Waals surface area contributed by atoms with E-state index in [-0.39, 0.29) is 24.0 Å². The van der Waals surface area contributed by atoms with Crippen LogP contribution in [-0.2, 0) is 11.3 Å². The summed E-state index contributed by atoms with van der Waals surface area (Å²) in [4.78, 5) is 8.57. The number of ether oxygens (including phenoxy) is 1. The van der Waals surface area contributed by atoms with Crippen LogP contribution in [0.1, 0.15) is 18.4 Å². The maximum Gasteiger partial charge on any atom is 0.191 e. The summed E-state index contributed by atoms with van der Waals surface area (Å²) in [6, 6.07) is 5.87. The number of hydrogen-bond acceptors (Lipinski definition) is 4. The van der Waals surface area contributed by atoms with E-state index in [0.29, 0.717) is 12.6 Å². The lowest BCUT2D eigenvalue weighted by molar-refractivity contribution is 0.114. The normalized spacial score (nSPS) is 17.4. The van der Waals surface area contributed by atoms with Gasteiger partial charge in [-0.2, -0.15) is 5.10 Å². The van der Waals surface area contributed by atoms with Crippen LogP contribution in [0.4, 0.5) is 0 Å². The molecule has 0 bridgehead atoms. The third kappa shape index (κ3) is 5.17. The Bertz CT molecular complexity index is 640. The van der Waals surface area contributed by atoms with E-state index in [2.05, 4.69) is 25.7 Å². The Balaban J connectivity index is 0.00000208. The number of guanidine groups is 1. The van der Waals surface area contributed by atoms with Crippen LogP contribution in [0.2, 0.25) is 0 Å². The van der Waals surface area contributed by atoms with Gasteiger partial charge in [0.2, 0.25) is 0 Å². The molecule has 3 heterocycles. The van der Waals surface area contributed by atoms with E-state index in [1.54, 1.807) is 24.1 Å². The van der Waals surface area contributed by atoms with Crippen molar-refractivity contribution in [3.63, 3.8) is 0 Å². The van der Waals surface area contributed by atoms with Crippen molar-refractivity contribution in [3.8, 4) is 5.82 Å². The Hall–Kier alpha value is -1.68. The summed E-state index contributed by atoms with van der Waals surface area (Å²) in [6.45, 7) is 2.32. The Kier molecular flexibility index (Phi) is 7.44. The second kappa shape index (κ2) is 9.58. The van der Waals surface area contributed by atoms with Crippen molar-refractivity contribution in [1.29, 1.82) is 0 Å². The molecule has 2 aromatic rings. The lowest BCUT2D eigenvalue weighted by atomic mass is 10.2. The molecule has 1 saturated heterocycles. The number of aliphatic imine (C=N–C) groups is 1. The Morgan fingerprint density at radius 1 is 1.42 bits per heavy atom. The van der Waals surface area contributed by atoms with Crippen LogP contribution in [0.25, 0.3) is 5.82 Å². The molecule has 7 nitrogen and oxygen atoms in total. The molecule has 0 aromatic carbocycles. The molecule has 1 fully saturated rings. The maximum atomic E-state index is 5.60. The fraction of sp³-hybridized carbons (Fsp3) is 0.438. The molecule has 3 rings (SSSR count). The SMILES string of the molecule is CN=C(NCc1ccnc(-n2cccn2)c1)NCC1CCCO1.I. The van der Waals surface area contributed by atoms with Crippen molar-refractivity contribution in [2.24, 2.45) is 4.99 Å². The largest absolute Gasteiger partial charge is 0.376 e. The van der Waals surface area contributed by atoms with Crippen LogP contribution in [-0.4, -0.2) is 47.0 Å². The van der Waals surface area contributed by atoms with Crippen LogP contribution in [0.5, 0.6) is 0 Å². The van der Waals surface area contributed by atoms with Gasteiger partial charge in [-0.1, -0.05) is 0 Å². The Morgan fingerprint density at radius 2 is 2.33 bits per heavy atom. The molecule has 1 unspecified atom stereocenters. The van der Waals surface area contributed by atoms with Crippen LogP contribution >= 0.6 is 24.0 Å². The minimum atomic E-state index is 0.